The lowest BCUT2D eigenvalue weighted by Crippen LogP contribution is -2.56. The Balaban J connectivity index is 3.35. The number of carbonyl (C=O) groups is 2. The third-order valence-corrected chi connectivity index (χ3v) is 3.18. The molecule has 0 bridgehead atoms. The van der Waals surface area contributed by atoms with Crippen LogP contribution < -0.4 is 4.90 Å². The molecule has 0 aromatic carbocycles. The molecule has 1 atom stereocenters. The third-order valence-electron chi connectivity index (χ3n) is 3.18. The first kappa shape index (κ1) is 17.7. The van der Waals surface area contributed by atoms with Crippen molar-refractivity contribution in [3.05, 3.63) is 18.3 Å². The van der Waals surface area contributed by atoms with E-state index in [9.17, 15) is 19.8 Å². The standard InChI is InChI=1S/C15H22N2O5/c1-6-15(5,12(19)20)17(13(21)22-14(2,3)4)11-8-7-10(18)9-16-11/h7-9,18H,6H2,1-5H3,(H,19,20)/t15-/m1/s1. The largest absolute Gasteiger partial charge is 0.506 e. The number of aromatic nitrogens is 1. The van der Waals surface area contributed by atoms with Crippen molar-refractivity contribution in [3.8, 4) is 5.75 Å². The lowest BCUT2D eigenvalue weighted by molar-refractivity contribution is -0.143. The van der Waals surface area contributed by atoms with Crippen LogP contribution in [0.5, 0.6) is 5.75 Å². The maximum absolute atomic E-state index is 12.5. The minimum absolute atomic E-state index is 0.0820. The summed E-state index contributed by atoms with van der Waals surface area (Å²) in [7, 11) is 0. The number of carboxylic acids is 1. The van der Waals surface area contributed by atoms with E-state index in [1.165, 1.54) is 19.1 Å². The molecule has 0 aliphatic carbocycles. The Kier molecular flexibility index (Phi) is 5.01. The minimum atomic E-state index is -1.52. The zero-order valence-electron chi connectivity index (χ0n) is 13.5. The maximum atomic E-state index is 12.5. The van der Waals surface area contributed by atoms with Crippen LogP contribution >= 0.6 is 0 Å². The number of hydrogen-bond acceptors (Lipinski definition) is 5. The van der Waals surface area contributed by atoms with Crippen LogP contribution in [-0.2, 0) is 9.53 Å². The molecule has 0 aliphatic heterocycles. The molecule has 2 N–H and O–H groups in total. The lowest BCUT2D eigenvalue weighted by Gasteiger charge is -2.37. The van der Waals surface area contributed by atoms with Gasteiger partial charge in [0, 0.05) is 0 Å². The second-order valence-electron chi connectivity index (χ2n) is 6.12. The second kappa shape index (κ2) is 6.21. The van der Waals surface area contributed by atoms with Gasteiger partial charge in [-0.25, -0.2) is 19.5 Å². The van der Waals surface area contributed by atoms with Gasteiger partial charge in [-0.1, -0.05) is 6.92 Å². The Bertz CT molecular complexity index is 550. The molecule has 1 heterocycles. The van der Waals surface area contributed by atoms with Gasteiger partial charge in [0.05, 0.1) is 6.20 Å². The first-order chi connectivity index (χ1) is 10.0. The Morgan fingerprint density at radius 1 is 1.27 bits per heavy atom. The molecule has 7 nitrogen and oxygen atoms in total. The fraction of sp³-hybridized carbons (Fsp3) is 0.533. The molecule has 1 amide bonds. The SMILES string of the molecule is CC[C@](C)(C(=O)O)N(C(=O)OC(C)(C)C)c1ccc(O)cn1. The van der Waals surface area contributed by atoms with E-state index in [-0.39, 0.29) is 18.0 Å². The molecular weight excluding hydrogens is 288 g/mol. The van der Waals surface area contributed by atoms with Gasteiger partial charge >= 0.3 is 12.1 Å². The number of hydrogen-bond donors (Lipinski definition) is 2. The maximum Gasteiger partial charge on any atom is 0.417 e. The molecule has 1 rings (SSSR count). The topological polar surface area (TPSA) is 100.0 Å². The van der Waals surface area contributed by atoms with Crippen molar-refractivity contribution >= 4 is 17.9 Å². The summed E-state index contributed by atoms with van der Waals surface area (Å²) in [6, 6.07) is 2.70. The van der Waals surface area contributed by atoms with Gasteiger partial charge in [-0.2, -0.15) is 0 Å². The number of aliphatic carboxylic acids is 1. The first-order valence-electron chi connectivity index (χ1n) is 6.93. The lowest BCUT2D eigenvalue weighted by atomic mass is 9.97. The number of aromatic hydroxyl groups is 1. The average Bonchev–Trinajstić information content (AvgIpc) is 2.38. The molecule has 7 heteroatoms. The van der Waals surface area contributed by atoms with Gasteiger partial charge in [0.15, 0.2) is 0 Å². The number of carboxylic acid groups (broad SMARTS) is 1. The van der Waals surface area contributed by atoms with Crippen molar-refractivity contribution in [2.45, 2.75) is 52.2 Å². The highest BCUT2D eigenvalue weighted by atomic mass is 16.6. The highest BCUT2D eigenvalue weighted by Crippen LogP contribution is 2.29. The summed E-state index contributed by atoms with van der Waals surface area (Å²) in [6.45, 7) is 8.16. The van der Waals surface area contributed by atoms with Crippen molar-refractivity contribution in [2.75, 3.05) is 4.90 Å². The molecule has 0 saturated carbocycles. The van der Waals surface area contributed by atoms with Gasteiger partial charge in [-0.15, -0.1) is 0 Å². The summed E-state index contributed by atoms with van der Waals surface area (Å²) < 4.78 is 5.30. The van der Waals surface area contributed by atoms with Gasteiger partial charge in [-0.05, 0) is 46.2 Å². The fourth-order valence-corrected chi connectivity index (χ4v) is 1.77. The number of carbonyl (C=O) groups excluding carboxylic acids is 1. The van der Waals surface area contributed by atoms with Crippen molar-refractivity contribution in [1.29, 1.82) is 0 Å². The van der Waals surface area contributed by atoms with Crippen molar-refractivity contribution in [1.82, 2.24) is 4.98 Å². The number of anilines is 1. The minimum Gasteiger partial charge on any atom is -0.506 e. The molecule has 1 aromatic heterocycles. The van der Waals surface area contributed by atoms with Crippen LogP contribution in [0.2, 0.25) is 0 Å². The molecule has 0 unspecified atom stereocenters. The van der Waals surface area contributed by atoms with Crippen LogP contribution in [0.4, 0.5) is 10.6 Å². The Labute approximate surface area is 129 Å². The smallest absolute Gasteiger partial charge is 0.417 e. The Morgan fingerprint density at radius 3 is 2.23 bits per heavy atom. The molecule has 1 aromatic rings. The number of ether oxygens (including phenoxy) is 1. The summed E-state index contributed by atoms with van der Waals surface area (Å²) in [5, 5.41) is 18.9. The van der Waals surface area contributed by atoms with E-state index in [0.29, 0.717) is 0 Å². The van der Waals surface area contributed by atoms with Gasteiger partial charge in [0.2, 0.25) is 0 Å². The number of amides is 1. The van der Waals surface area contributed by atoms with E-state index in [1.807, 2.05) is 0 Å². The predicted molar refractivity (Wildman–Crippen MR) is 80.9 cm³/mol. The van der Waals surface area contributed by atoms with E-state index in [2.05, 4.69) is 4.98 Å². The van der Waals surface area contributed by atoms with Crippen LogP contribution in [0.3, 0.4) is 0 Å². The normalized spacial score (nSPS) is 14.0. The van der Waals surface area contributed by atoms with Gasteiger partial charge in [0.1, 0.15) is 22.7 Å². The molecule has 122 valence electrons. The highest BCUT2D eigenvalue weighted by Gasteiger charge is 2.44. The van der Waals surface area contributed by atoms with Crippen molar-refractivity contribution in [3.63, 3.8) is 0 Å². The zero-order chi connectivity index (χ0) is 17.1. The van der Waals surface area contributed by atoms with Gasteiger partial charge in [0.25, 0.3) is 0 Å². The van der Waals surface area contributed by atoms with Crippen LogP contribution in [0.25, 0.3) is 0 Å². The Morgan fingerprint density at radius 2 is 1.86 bits per heavy atom. The zero-order valence-corrected chi connectivity index (χ0v) is 13.5. The molecule has 0 saturated heterocycles. The summed E-state index contributed by atoms with van der Waals surface area (Å²) in [5.74, 6) is -1.16. The van der Waals surface area contributed by atoms with Crippen LogP contribution in [-0.4, -0.2) is 38.4 Å². The fourth-order valence-electron chi connectivity index (χ4n) is 1.77. The summed E-state index contributed by atoms with van der Waals surface area (Å²) >= 11 is 0. The third kappa shape index (κ3) is 3.87. The quantitative estimate of drug-likeness (QED) is 0.887. The van der Waals surface area contributed by atoms with E-state index >= 15 is 0 Å². The number of pyridine rings is 1. The summed E-state index contributed by atoms with van der Waals surface area (Å²) in [6.07, 6.45) is 0.492. The molecular formula is C15H22N2O5. The molecule has 0 spiro atoms. The number of nitrogens with zero attached hydrogens (tertiary/aromatic N) is 2. The molecule has 0 fully saturated rings. The summed E-state index contributed by atoms with van der Waals surface area (Å²) in [5.41, 5.74) is -2.30. The first-order valence-corrected chi connectivity index (χ1v) is 6.93. The Hall–Kier alpha value is -2.31. The van der Waals surface area contributed by atoms with Gasteiger partial charge < -0.3 is 14.9 Å². The average molecular weight is 310 g/mol. The van der Waals surface area contributed by atoms with Gasteiger partial charge in [-0.3, -0.25) is 0 Å². The van der Waals surface area contributed by atoms with Crippen LogP contribution in [0.1, 0.15) is 41.0 Å². The second-order valence-corrected chi connectivity index (χ2v) is 6.12. The van der Waals surface area contributed by atoms with Crippen LogP contribution in [0, 0.1) is 0 Å². The van der Waals surface area contributed by atoms with Crippen LogP contribution in [0.15, 0.2) is 18.3 Å². The predicted octanol–water partition coefficient (Wildman–Crippen LogP) is 2.78. The van der Waals surface area contributed by atoms with Crippen molar-refractivity contribution in [2.24, 2.45) is 0 Å². The molecule has 0 radical (unpaired) electrons. The molecule has 22 heavy (non-hydrogen) atoms. The highest BCUT2D eigenvalue weighted by molar-refractivity contribution is 5.97. The van der Waals surface area contributed by atoms with E-state index < -0.39 is 23.2 Å². The van der Waals surface area contributed by atoms with E-state index in [0.717, 1.165) is 11.1 Å². The summed E-state index contributed by atoms with van der Waals surface area (Å²) in [4.78, 5) is 29.1. The monoisotopic (exact) mass is 310 g/mol. The van der Waals surface area contributed by atoms with Crippen molar-refractivity contribution < 1.29 is 24.5 Å². The van der Waals surface area contributed by atoms with E-state index in [1.54, 1.807) is 27.7 Å². The van der Waals surface area contributed by atoms with E-state index in [4.69, 9.17) is 4.74 Å². The number of rotatable bonds is 4. The molecule has 0 aliphatic rings.